The van der Waals surface area contributed by atoms with E-state index in [1.54, 1.807) is 0 Å². The van der Waals surface area contributed by atoms with Gasteiger partial charge in [0.15, 0.2) is 0 Å². The van der Waals surface area contributed by atoms with E-state index < -0.39 is 11.7 Å². The molecule has 0 aromatic rings. The SMILES string of the molecule is CCCNCCCCNCCCCNC(=O)CCCNC(=O)OC(C)(C)C. The van der Waals surface area contributed by atoms with Crippen LogP contribution >= 0.6 is 0 Å². The maximum atomic E-state index is 11.7. The van der Waals surface area contributed by atoms with E-state index in [0.29, 0.717) is 25.9 Å². The second-order valence-corrected chi connectivity index (χ2v) is 7.80. The largest absolute Gasteiger partial charge is 0.444 e. The lowest BCUT2D eigenvalue weighted by molar-refractivity contribution is -0.121. The zero-order valence-electron chi connectivity index (χ0n) is 17.9. The molecule has 27 heavy (non-hydrogen) atoms. The maximum absolute atomic E-state index is 11.7. The molecule has 0 spiro atoms. The molecule has 2 amide bonds. The Hall–Kier alpha value is -1.34. The van der Waals surface area contributed by atoms with Crippen molar-refractivity contribution >= 4 is 12.0 Å². The molecule has 0 fully saturated rings. The molecule has 7 nitrogen and oxygen atoms in total. The van der Waals surface area contributed by atoms with Crippen molar-refractivity contribution in [3.8, 4) is 0 Å². The van der Waals surface area contributed by atoms with Crippen LogP contribution in [0.4, 0.5) is 4.79 Å². The fourth-order valence-electron chi connectivity index (χ4n) is 2.37. The van der Waals surface area contributed by atoms with Crippen molar-refractivity contribution in [2.24, 2.45) is 0 Å². The highest BCUT2D eigenvalue weighted by atomic mass is 16.6. The Kier molecular flexibility index (Phi) is 16.0. The number of rotatable bonds is 16. The first kappa shape index (κ1) is 25.7. The third kappa shape index (κ3) is 20.8. The van der Waals surface area contributed by atoms with Gasteiger partial charge in [-0.1, -0.05) is 6.92 Å². The second kappa shape index (κ2) is 16.8. The van der Waals surface area contributed by atoms with Crippen molar-refractivity contribution in [1.82, 2.24) is 21.3 Å². The zero-order valence-corrected chi connectivity index (χ0v) is 17.9. The first-order valence-electron chi connectivity index (χ1n) is 10.5. The molecule has 0 heterocycles. The number of carbonyl (C=O) groups is 2. The molecule has 0 bridgehead atoms. The molecule has 0 aliphatic heterocycles. The van der Waals surface area contributed by atoms with E-state index in [9.17, 15) is 9.59 Å². The topological polar surface area (TPSA) is 91.5 Å². The number of ether oxygens (including phenoxy) is 1. The summed E-state index contributed by atoms with van der Waals surface area (Å²) in [6, 6.07) is 0. The fourth-order valence-corrected chi connectivity index (χ4v) is 2.37. The van der Waals surface area contributed by atoms with Gasteiger partial charge in [0, 0.05) is 19.5 Å². The summed E-state index contributed by atoms with van der Waals surface area (Å²) < 4.78 is 5.13. The average Bonchev–Trinajstić information content (AvgIpc) is 2.58. The van der Waals surface area contributed by atoms with E-state index >= 15 is 0 Å². The first-order chi connectivity index (χ1) is 12.8. The average molecular weight is 387 g/mol. The highest BCUT2D eigenvalue weighted by molar-refractivity contribution is 5.75. The number of unbranched alkanes of at least 4 members (excludes halogenated alkanes) is 2. The lowest BCUT2D eigenvalue weighted by Gasteiger charge is -2.19. The van der Waals surface area contributed by atoms with Crippen LogP contribution in [0, 0.1) is 0 Å². The van der Waals surface area contributed by atoms with Gasteiger partial charge in [-0.25, -0.2) is 4.79 Å². The molecule has 0 aliphatic rings. The van der Waals surface area contributed by atoms with Gasteiger partial charge in [0.2, 0.25) is 5.91 Å². The van der Waals surface area contributed by atoms with Crippen molar-refractivity contribution in [2.45, 2.75) is 78.2 Å². The number of hydrogen-bond donors (Lipinski definition) is 4. The van der Waals surface area contributed by atoms with E-state index in [0.717, 1.165) is 39.0 Å². The Morgan fingerprint density at radius 2 is 1.26 bits per heavy atom. The van der Waals surface area contributed by atoms with Crippen LogP contribution in [0.2, 0.25) is 0 Å². The van der Waals surface area contributed by atoms with Crippen LogP contribution in [0.15, 0.2) is 0 Å². The summed E-state index contributed by atoms with van der Waals surface area (Å²) in [7, 11) is 0. The standard InChI is InChI=1S/C20H42N4O3/c1-5-12-21-13-6-7-14-22-15-8-9-16-23-18(25)11-10-17-24-19(26)27-20(2,3)4/h21-22H,5-17H2,1-4H3,(H,23,25)(H,24,26). The van der Waals surface area contributed by atoms with Gasteiger partial charge >= 0.3 is 6.09 Å². The lowest BCUT2D eigenvalue weighted by Crippen LogP contribution is -2.33. The van der Waals surface area contributed by atoms with Gasteiger partial charge in [-0.15, -0.1) is 0 Å². The molecule has 4 N–H and O–H groups in total. The minimum atomic E-state index is -0.498. The number of amides is 2. The second-order valence-electron chi connectivity index (χ2n) is 7.80. The Balaban J connectivity index is 3.32. The molecule has 0 unspecified atom stereocenters. The normalized spacial score (nSPS) is 11.3. The molecule has 7 heteroatoms. The Bertz CT molecular complexity index is 384. The summed E-state index contributed by atoms with van der Waals surface area (Å²) in [5.74, 6) is 0.0357. The smallest absolute Gasteiger partial charge is 0.407 e. The van der Waals surface area contributed by atoms with Crippen LogP contribution in [0.5, 0.6) is 0 Å². The van der Waals surface area contributed by atoms with Gasteiger partial charge in [-0.05, 0) is 85.5 Å². The van der Waals surface area contributed by atoms with E-state index in [1.165, 1.54) is 19.3 Å². The van der Waals surface area contributed by atoms with Gasteiger partial charge in [-0.2, -0.15) is 0 Å². The molecule has 0 aromatic carbocycles. The predicted octanol–water partition coefficient (Wildman–Crippen LogP) is 2.56. The molecule has 0 rings (SSSR count). The molecular weight excluding hydrogens is 344 g/mol. The molecule has 160 valence electrons. The van der Waals surface area contributed by atoms with Gasteiger partial charge in [-0.3, -0.25) is 4.79 Å². The van der Waals surface area contributed by atoms with Gasteiger partial charge < -0.3 is 26.0 Å². The van der Waals surface area contributed by atoms with Crippen molar-refractivity contribution in [1.29, 1.82) is 0 Å². The van der Waals surface area contributed by atoms with E-state index in [2.05, 4.69) is 28.2 Å². The molecule has 0 atom stereocenters. The highest BCUT2D eigenvalue weighted by Crippen LogP contribution is 2.06. The Morgan fingerprint density at radius 3 is 1.81 bits per heavy atom. The van der Waals surface area contributed by atoms with Gasteiger partial charge in [0.05, 0.1) is 0 Å². The third-order valence-corrected chi connectivity index (χ3v) is 3.74. The lowest BCUT2D eigenvalue weighted by atomic mass is 10.2. The van der Waals surface area contributed by atoms with Gasteiger partial charge in [0.1, 0.15) is 5.60 Å². The van der Waals surface area contributed by atoms with Gasteiger partial charge in [0.25, 0.3) is 0 Å². The van der Waals surface area contributed by atoms with Crippen molar-refractivity contribution < 1.29 is 14.3 Å². The quantitative estimate of drug-likeness (QED) is 0.306. The predicted molar refractivity (Wildman–Crippen MR) is 111 cm³/mol. The van der Waals surface area contributed by atoms with E-state index in [4.69, 9.17) is 4.74 Å². The summed E-state index contributed by atoms with van der Waals surface area (Å²) in [6.07, 6.45) is 6.24. The summed E-state index contributed by atoms with van der Waals surface area (Å²) >= 11 is 0. The fraction of sp³-hybridized carbons (Fsp3) is 0.900. The van der Waals surface area contributed by atoms with Crippen LogP contribution < -0.4 is 21.3 Å². The zero-order chi connectivity index (χ0) is 20.4. The molecule has 0 radical (unpaired) electrons. The van der Waals surface area contributed by atoms with E-state index in [1.807, 2.05) is 20.8 Å². The summed E-state index contributed by atoms with van der Waals surface area (Å²) in [4.78, 5) is 23.2. The highest BCUT2D eigenvalue weighted by Gasteiger charge is 2.15. The van der Waals surface area contributed by atoms with Crippen molar-refractivity contribution in [3.05, 3.63) is 0 Å². The van der Waals surface area contributed by atoms with E-state index in [-0.39, 0.29) is 5.91 Å². The molecule has 0 saturated carbocycles. The van der Waals surface area contributed by atoms with Crippen LogP contribution in [0.25, 0.3) is 0 Å². The summed E-state index contributed by atoms with van der Waals surface area (Å²) in [5, 5.41) is 12.4. The molecule has 0 saturated heterocycles. The van der Waals surface area contributed by atoms with Crippen LogP contribution in [0.3, 0.4) is 0 Å². The van der Waals surface area contributed by atoms with Crippen LogP contribution in [-0.2, 0) is 9.53 Å². The van der Waals surface area contributed by atoms with Crippen molar-refractivity contribution in [3.63, 3.8) is 0 Å². The maximum Gasteiger partial charge on any atom is 0.407 e. The molecular formula is C20H42N4O3. The number of alkyl carbamates (subject to hydrolysis) is 1. The number of nitrogens with one attached hydrogen (secondary N) is 4. The molecule has 0 aromatic heterocycles. The Morgan fingerprint density at radius 1 is 0.741 bits per heavy atom. The minimum absolute atomic E-state index is 0.0357. The Labute approximate surface area is 165 Å². The number of hydrogen-bond acceptors (Lipinski definition) is 5. The monoisotopic (exact) mass is 386 g/mol. The third-order valence-electron chi connectivity index (χ3n) is 3.74. The summed E-state index contributed by atoms with van der Waals surface area (Å²) in [6.45, 7) is 13.1. The van der Waals surface area contributed by atoms with Crippen molar-refractivity contribution in [2.75, 3.05) is 39.3 Å². The number of carbonyl (C=O) groups excluding carboxylic acids is 2. The van der Waals surface area contributed by atoms with Crippen LogP contribution in [0.1, 0.15) is 72.6 Å². The van der Waals surface area contributed by atoms with Crippen LogP contribution in [-0.4, -0.2) is 56.9 Å². The summed E-state index contributed by atoms with van der Waals surface area (Å²) in [5.41, 5.74) is -0.498. The molecule has 0 aliphatic carbocycles. The first-order valence-corrected chi connectivity index (χ1v) is 10.5. The minimum Gasteiger partial charge on any atom is -0.444 e.